The summed E-state index contributed by atoms with van der Waals surface area (Å²) in [5.74, 6) is -1.43. The predicted molar refractivity (Wildman–Crippen MR) is 79.8 cm³/mol. The molecule has 0 aromatic heterocycles. The number of methoxy groups -OCH3 is 1. The zero-order chi connectivity index (χ0) is 16.8. The average Bonchev–Trinajstić information content (AvgIpc) is 2.38. The van der Waals surface area contributed by atoms with Crippen LogP contribution in [0.25, 0.3) is 0 Å². The van der Waals surface area contributed by atoms with E-state index in [0.717, 1.165) is 6.07 Å². The quantitative estimate of drug-likeness (QED) is 0.792. The molecule has 1 rings (SSSR count). The first-order chi connectivity index (χ1) is 10.2. The van der Waals surface area contributed by atoms with Crippen molar-refractivity contribution in [2.75, 3.05) is 25.6 Å². The monoisotopic (exact) mass is 316 g/mol. The summed E-state index contributed by atoms with van der Waals surface area (Å²) in [5.41, 5.74) is -0.329. The van der Waals surface area contributed by atoms with Gasteiger partial charge in [0.2, 0.25) is 0 Å². The van der Waals surface area contributed by atoms with Crippen molar-refractivity contribution in [1.29, 1.82) is 0 Å². The van der Waals surface area contributed by atoms with Gasteiger partial charge < -0.3 is 20.1 Å². The Labute approximate surface area is 129 Å². The third-order valence-corrected chi connectivity index (χ3v) is 2.58. The molecule has 1 aromatic carbocycles. The molecule has 0 heterocycles. The zero-order valence-corrected chi connectivity index (χ0v) is 13.3. The lowest BCUT2D eigenvalue weighted by Crippen LogP contribution is -2.32. The van der Waals surface area contributed by atoms with E-state index >= 15 is 0 Å². The molecular formula is C15H22F2N2O3. The zero-order valence-electron chi connectivity index (χ0n) is 13.3. The molecule has 1 aromatic rings. The molecule has 0 aliphatic heterocycles. The number of ether oxygens (including phenoxy) is 2. The van der Waals surface area contributed by atoms with E-state index in [1.54, 1.807) is 20.8 Å². The topological polar surface area (TPSA) is 59.6 Å². The Morgan fingerprint density at radius 3 is 2.50 bits per heavy atom. The third kappa shape index (κ3) is 6.26. The van der Waals surface area contributed by atoms with Crippen molar-refractivity contribution in [3.8, 4) is 0 Å². The van der Waals surface area contributed by atoms with Gasteiger partial charge in [-0.15, -0.1) is 0 Å². The van der Waals surface area contributed by atoms with Gasteiger partial charge in [0.25, 0.3) is 0 Å². The SMILES string of the molecule is COCCNc1cc(CNC(=O)OC(C)(C)C)c(F)cc1F. The first-order valence-electron chi connectivity index (χ1n) is 6.90. The van der Waals surface area contributed by atoms with Gasteiger partial charge in [0.15, 0.2) is 0 Å². The number of carbonyl (C=O) groups is 1. The van der Waals surface area contributed by atoms with Gasteiger partial charge in [-0.1, -0.05) is 0 Å². The molecule has 5 nitrogen and oxygen atoms in total. The molecule has 0 atom stereocenters. The Bertz CT molecular complexity index is 516. The van der Waals surface area contributed by atoms with Gasteiger partial charge in [-0.2, -0.15) is 0 Å². The highest BCUT2D eigenvalue weighted by Crippen LogP contribution is 2.19. The van der Waals surface area contributed by atoms with Gasteiger partial charge in [0.1, 0.15) is 17.2 Å². The molecule has 7 heteroatoms. The Hall–Kier alpha value is -1.89. The molecule has 0 spiro atoms. The normalized spacial score (nSPS) is 11.2. The van der Waals surface area contributed by atoms with Gasteiger partial charge in [-0.25, -0.2) is 13.6 Å². The van der Waals surface area contributed by atoms with E-state index < -0.39 is 23.3 Å². The van der Waals surface area contributed by atoms with E-state index in [1.165, 1.54) is 13.2 Å². The Kier molecular flexibility index (Phi) is 6.55. The number of nitrogens with one attached hydrogen (secondary N) is 2. The highest BCUT2D eigenvalue weighted by molar-refractivity contribution is 5.67. The van der Waals surface area contributed by atoms with Crippen LogP contribution >= 0.6 is 0 Å². The molecule has 124 valence electrons. The summed E-state index contributed by atoms with van der Waals surface area (Å²) in [6.07, 6.45) is -0.662. The van der Waals surface area contributed by atoms with Crippen LogP contribution in [0.5, 0.6) is 0 Å². The maximum atomic E-state index is 13.7. The molecule has 0 radical (unpaired) electrons. The summed E-state index contributed by atoms with van der Waals surface area (Å²) < 4.78 is 37.3. The molecule has 0 aliphatic carbocycles. The molecule has 22 heavy (non-hydrogen) atoms. The van der Waals surface area contributed by atoms with Crippen LogP contribution in [0.1, 0.15) is 26.3 Å². The van der Waals surface area contributed by atoms with Gasteiger partial charge in [-0.05, 0) is 26.8 Å². The number of amides is 1. The highest BCUT2D eigenvalue weighted by atomic mass is 19.1. The number of benzene rings is 1. The summed E-state index contributed by atoms with van der Waals surface area (Å²) in [6.45, 7) is 5.86. The van der Waals surface area contributed by atoms with Crippen LogP contribution in [0.4, 0.5) is 19.3 Å². The fourth-order valence-electron chi connectivity index (χ4n) is 1.63. The van der Waals surface area contributed by atoms with Crippen LogP contribution in [0.3, 0.4) is 0 Å². The summed E-state index contributed by atoms with van der Waals surface area (Å²) >= 11 is 0. The maximum absolute atomic E-state index is 13.7. The summed E-state index contributed by atoms with van der Waals surface area (Å²) in [6, 6.07) is 2.10. The fourth-order valence-corrected chi connectivity index (χ4v) is 1.63. The average molecular weight is 316 g/mol. The number of hydrogen-bond acceptors (Lipinski definition) is 4. The maximum Gasteiger partial charge on any atom is 0.407 e. The van der Waals surface area contributed by atoms with Crippen molar-refractivity contribution in [2.24, 2.45) is 0 Å². The Balaban J connectivity index is 2.69. The first-order valence-corrected chi connectivity index (χ1v) is 6.90. The van der Waals surface area contributed by atoms with Crippen LogP contribution in [0.15, 0.2) is 12.1 Å². The van der Waals surface area contributed by atoms with Crippen LogP contribution < -0.4 is 10.6 Å². The number of carbonyl (C=O) groups excluding carboxylic acids is 1. The van der Waals surface area contributed by atoms with Crippen LogP contribution in [0.2, 0.25) is 0 Å². The molecule has 0 bridgehead atoms. The number of hydrogen-bond donors (Lipinski definition) is 2. The standard InChI is InChI=1S/C15H22F2N2O3/c1-15(2,3)22-14(20)19-9-10-7-13(18-5-6-21-4)12(17)8-11(10)16/h7-8,18H,5-6,9H2,1-4H3,(H,19,20). The lowest BCUT2D eigenvalue weighted by Gasteiger charge is -2.20. The summed E-state index contributed by atoms with van der Waals surface area (Å²) in [5, 5.41) is 5.23. The molecule has 0 aliphatic rings. The summed E-state index contributed by atoms with van der Waals surface area (Å²) in [7, 11) is 1.53. The second-order valence-electron chi connectivity index (χ2n) is 5.70. The van der Waals surface area contributed by atoms with Crippen molar-refractivity contribution in [3.05, 3.63) is 29.3 Å². The molecule has 2 N–H and O–H groups in total. The van der Waals surface area contributed by atoms with Crippen molar-refractivity contribution in [1.82, 2.24) is 5.32 Å². The Morgan fingerprint density at radius 1 is 1.23 bits per heavy atom. The van der Waals surface area contributed by atoms with Crippen LogP contribution in [-0.4, -0.2) is 32.0 Å². The largest absolute Gasteiger partial charge is 0.444 e. The lowest BCUT2D eigenvalue weighted by molar-refractivity contribution is 0.0523. The van der Waals surface area contributed by atoms with Gasteiger partial charge >= 0.3 is 6.09 Å². The number of alkyl carbamates (subject to hydrolysis) is 1. The van der Waals surface area contributed by atoms with E-state index in [-0.39, 0.29) is 17.8 Å². The van der Waals surface area contributed by atoms with E-state index in [2.05, 4.69) is 10.6 Å². The molecule has 0 fully saturated rings. The van der Waals surface area contributed by atoms with Gasteiger partial charge in [-0.3, -0.25) is 0 Å². The number of anilines is 1. The molecule has 0 unspecified atom stereocenters. The minimum atomic E-state index is -0.731. The van der Waals surface area contributed by atoms with Crippen molar-refractivity contribution >= 4 is 11.8 Å². The van der Waals surface area contributed by atoms with E-state index in [1.807, 2.05) is 0 Å². The molecular weight excluding hydrogens is 294 g/mol. The third-order valence-electron chi connectivity index (χ3n) is 2.58. The van der Waals surface area contributed by atoms with Crippen LogP contribution in [-0.2, 0) is 16.0 Å². The summed E-state index contributed by atoms with van der Waals surface area (Å²) in [4.78, 5) is 11.5. The molecule has 0 saturated heterocycles. The predicted octanol–water partition coefficient (Wildman–Crippen LogP) is 3.05. The second kappa shape index (κ2) is 7.93. The lowest BCUT2D eigenvalue weighted by atomic mass is 10.1. The van der Waals surface area contributed by atoms with Gasteiger partial charge in [0.05, 0.1) is 12.3 Å². The smallest absolute Gasteiger partial charge is 0.407 e. The highest BCUT2D eigenvalue weighted by Gasteiger charge is 2.17. The van der Waals surface area contributed by atoms with Crippen molar-refractivity contribution in [2.45, 2.75) is 32.9 Å². The molecule has 0 saturated carbocycles. The number of halogens is 2. The second-order valence-corrected chi connectivity index (χ2v) is 5.70. The van der Waals surface area contributed by atoms with Crippen molar-refractivity contribution < 1.29 is 23.0 Å². The fraction of sp³-hybridized carbons (Fsp3) is 0.533. The van der Waals surface area contributed by atoms with E-state index in [4.69, 9.17) is 9.47 Å². The minimum Gasteiger partial charge on any atom is -0.444 e. The van der Waals surface area contributed by atoms with E-state index in [9.17, 15) is 13.6 Å². The Morgan fingerprint density at radius 2 is 1.91 bits per heavy atom. The number of rotatable bonds is 6. The minimum absolute atomic E-state index is 0.0972. The molecule has 1 amide bonds. The van der Waals surface area contributed by atoms with E-state index in [0.29, 0.717) is 13.2 Å². The van der Waals surface area contributed by atoms with Crippen molar-refractivity contribution in [3.63, 3.8) is 0 Å². The van der Waals surface area contributed by atoms with Gasteiger partial charge in [0, 0.05) is 31.8 Å². The van der Waals surface area contributed by atoms with Crippen LogP contribution in [0, 0.1) is 11.6 Å². The first kappa shape index (κ1) is 18.2.